The Morgan fingerprint density at radius 1 is 0.893 bits per heavy atom. The largest absolute Gasteiger partial charge is 0.459 e. The van der Waals surface area contributed by atoms with Gasteiger partial charge < -0.3 is 10.1 Å². The third kappa shape index (κ3) is 19.9. The number of esters is 1. The second kappa shape index (κ2) is 22.5. The average molecular weight is 400 g/mol. The average Bonchev–Trinajstić information content (AvgIpc) is 2.69. The van der Waals surface area contributed by atoms with Gasteiger partial charge in [-0.2, -0.15) is 0 Å². The summed E-state index contributed by atoms with van der Waals surface area (Å²) in [6, 6.07) is 0. The molecule has 0 rings (SSSR count). The van der Waals surface area contributed by atoms with E-state index in [1.54, 1.807) is 0 Å². The summed E-state index contributed by atoms with van der Waals surface area (Å²) >= 11 is 0. The first kappa shape index (κ1) is 31.9. The van der Waals surface area contributed by atoms with Crippen molar-refractivity contribution in [3.8, 4) is 0 Å². The third-order valence-corrected chi connectivity index (χ3v) is 5.00. The van der Waals surface area contributed by atoms with Crippen molar-refractivity contribution in [2.75, 3.05) is 13.1 Å². The van der Waals surface area contributed by atoms with Crippen LogP contribution in [-0.4, -0.2) is 25.2 Å². The molecule has 0 bridgehead atoms. The van der Waals surface area contributed by atoms with Crippen molar-refractivity contribution in [3.63, 3.8) is 0 Å². The van der Waals surface area contributed by atoms with Gasteiger partial charge in [0.1, 0.15) is 0 Å². The summed E-state index contributed by atoms with van der Waals surface area (Å²) in [7, 11) is 0. The summed E-state index contributed by atoms with van der Waals surface area (Å²) in [6.07, 6.45) is 7.13. The highest BCUT2D eigenvalue weighted by Crippen LogP contribution is 2.25. The number of carbonyl (C=O) groups is 1. The van der Waals surface area contributed by atoms with Crippen molar-refractivity contribution in [1.29, 1.82) is 0 Å². The lowest BCUT2D eigenvalue weighted by atomic mass is 9.85. The molecule has 0 saturated heterocycles. The summed E-state index contributed by atoms with van der Waals surface area (Å²) in [5.41, 5.74) is 0.508. The Hall–Kier alpha value is -0.830. The zero-order chi connectivity index (χ0) is 22.5. The first-order valence-corrected chi connectivity index (χ1v) is 11.8. The molecule has 0 aromatic heterocycles. The number of ether oxygens (including phenoxy) is 1. The van der Waals surface area contributed by atoms with Crippen LogP contribution in [0.2, 0.25) is 0 Å². The van der Waals surface area contributed by atoms with E-state index in [2.05, 4.69) is 53.4 Å². The molecule has 4 atom stereocenters. The molecule has 0 aliphatic carbocycles. The molecule has 0 radical (unpaired) electrons. The standard InChI is InChI=1S/C20H39NO2.C3H8.C2H6/c1-8-15(3)10-11-16(4)17(5)12-13-19(7)23-20(22)18(6)14-21-9-2;1-3-2;1-2/h15-17,19,21H,6,8-14H2,1-5,7H3;3H2,1-2H3;1-2H3. The van der Waals surface area contributed by atoms with Gasteiger partial charge in [0.15, 0.2) is 0 Å². The minimum atomic E-state index is -0.268. The number of carbonyl (C=O) groups excluding carboxylic acids is 1. The van der Waals surface area contributed by atoms with Gasteiger partial charge in [0.2, 0.25) is 0 Å². The van der Waals surface area contributed by atoms with Crippen molar-refractivity contribution in [2.45, 2.75) is 114 Å². The van der Waals surface area contributed by atoms with Crippen LogP contribution in [0.25, 0.3) is 0 Å². The smallest absolute Gasteiger partial charge is 0.334 e. The van der Waals surface area contributed by atoms with E-state index in [1.165, 1.54) is 25.7 Å². The molecule has 0 heterocycles. The van der Waals surface area contributed by atoms with Gasteiger partial charge in [0.05, 0.1) is 6.10 Å². The maximum atomic E-state index is 11.9. The van der Waals surface area contributed by atoms with Gasteiger partial charge in [-0.05, 0) is 44.1 Å². The Morgan fingerprint density at radius 3 is 1.79 bits per heavy atom. The van der Waals surface area contributed by atoms with Gasteiger partial charge >= 0.3 is 5.97 Å². The van der Waals surface area contributed by atoms with E-state index < -0.39 is 0 Å². The molecule has 4 unspecified atom stereocenters. The molecule has 0 saturated carbocycles. The van der Waals surface area contributed by atoms with Gasteiger partial charge in [-0.1, -0.05) is 94.6 Å². The number of hydrogen-bond acceptors (Lipinski definition) is 3. The van der Waals surface area contributed by atoms with Crippen LogP contribution in [0.1, 0.15) is 108 Å². The van der Waals surface area contributed by atoms with E-state index in [9.17, 15) is 4.79 Å². The third-order valence-electron chi connectivity index (χ3n) is 5.00. The van der Waals surface area contributed by atoms with Crippen LogP contribution >= 0.6 is 0 Å². The van der Waals surface area contributed by atoms with Gasteiger partial charge in [-0.25, -0.2) is 4.79 Å². The van der Waals surface area contributed by atoms with Gasteiger partial charge in [0, 0.05) is 12.1 Å². The number of nitrogens with one attached hydrogen (secondary N) is 1. The number of hydrogen-bond donors (Lipinski definition) is 1. The van der Waals surface area contributed by atoms with Crippen LogP contribution in [0, 0.1) is 17.8 Å². The molecule has 0 spiro atoms. The first-order chi connectivity index (χ1) is 13.2. The monoisotopic (exact) mass is 399 g/mol. The highest BCUT2D eigenvalue weighted by molar-refractivity contribution is 5.88. The summed E-state index contributed by atoms with van der Waals surface area (Å²) in [5.74, 6) is 1.96. The molecule has 0 aliphatic rings. The molecule has 0 aliphatic heterocycles. The Labute approximate surface area is 178 Å². The molecular weight excluding hydrogens is 346 g/mol. The fraction of sp³-hybridized carbons (Fsp3) is 0.880. The van der Waals surface area contributed by atoms with Crippen LogP contribution < -0.4 is 5.32 Å². The van der Waals surface area contributed by atoms with Gasteiger partial charge in [-0.3, -0.25) is 0 Å². The molecule has 28 heavy (non-hydrogen) atoms. The van der Waals surface area contributed by atoms with Crippen LogP contribution in [0.5, 0.6) is 0 Å². The van der Waals surface area contributed by atoms with Crippen LogP contribution in [0.4, 0.5) is 0 Å². The highest BCUT2D eigenvalue weighted by Gasteiger charge is 2.17. The molecule has 3 nitrogen and oxygen atoms in total. The lowest BCUT2D eigenvalue weighted by molar-refractivity contribution is -0.143. The molecule has 0 amide bonds. The Balaban J connectivity index is -0.00000113. The zero-order valence-electron chi connectivity index (χ0n) is 21.0. The van der Waals surface area contributed by atoms with Crippen molar-refractivity contribution in [1.82, 2.24) is 5.32 Å². The van der Waals surface area contributed by atoms with Crippen LogP contribution in [0.15, 0.2) is 12.2 Å². The molecule has 170 valence electrons. The molecule has 3 heteroatoms. The Kier molecular flexibility index (Phi) is 25.5. The van der Waals surface area contributed by atoms with Crippen molar-refractivity contribution in [2.24, 2.45) is 17.8 Å². The maximum Gasteiger partial charge on any atom is 0.334 e. The van der Waals surface area contributed by atoms with E-state index in [1.807, 2.05) is 27.7 Å². The summed E-state index contributed by atoms with van der Waals surface area (Å²) in [4.78, 5) is 11.9. The molecule has 1 N–H and O–H groups in total. The van der Waals surface area contributed by atoms with Crippen molar-refractivity contribution in [3.05, 3.63) is 12.2 Å². The summed E-state index contributed by atoms with van der Waals surface area (Å²) in [6.45, 7) is 26.6. The predicted molar refractivity (Wildman–Crippen MR) is 127 cm³/mol. The van der Waals surface area contributed by atoms with Crippen molar-refractivity contribution < 1.29 is 9.53 Å². The molecule has 0 aromatic rings. The quantitative estimate of drug-likeness (QED) is 0.259. The number of rotatable bonds is 13. The molecule has 0 fully saturated rings. The minimum Gasteiger partial charge on any atom is -0.459 e. The van der Waals surface area contributed by atoms with Crippen LogP contribution in [-0.2, 0) is 9.53 Å². The summed E-state index contributed by atoms with van der Waals surface area (Å²) < 4.78 is 5.48. The number of likely N-dealkylation sites (N-methyl/N-ethyl adjacent to an activating group) is 1. The molecular formula is C25H53NO2. The summed E-state index contributed by atoms with van der Waals surface area (Å²) in [5, 5.41) is 3.09. The Morgan fingerprint density at radius 2 is 1.36 bits per heavy atom. The molecule has 0 aromatic carbocycles. The van der Waals surface area contributed by atoms with Gasteiger partial charge in [0.25, 0.3) is 0 Å². The Bertz CT molecular complexity index is 354. The lowest BCUT2D eigenvalue weighted by Gasteiger charge is -2.23. The minimum absolute atomic E-state index is 0.0370. The second-order valence-electron chi connectivity index (χ2n) is 7.93. The first-order valence-electron chi connectivity index (χ1n) is 11.8. The van der Waals surface area contributed by atoms with Crippen LogP contribution in [0.3, 0.4) is 0 Å². The zero-order valence-corrected chi connectivity index (χ0v) is 21.0. The predicted octanol–water partition coefficient (Wildman–Crippen LogP) is 7.41. The maximum absolute atomic E-state index is 11.9. The second-order valence-corrected chi connectivity index (χ2v) is 7.93. The fourth-order valence-electron chi connectivity index (χ4n) is 2.49. The topological polar surface area (TPSA) is 38.3 Å². The van der Waals surface area contributed by atoms with E-state index in [4.69, 9.17) is 4.74 Å². The van der Waals surface area contributed by atoms with Gasteiger partial charge in [-0.15, -0.1) is 0 Å². The normalized spacial score (nSPS) is 14.4. The van der Waals surface area contributed by atoms with E-state index >= 15 is 0 Å². The lowest BCUT2D eigenvalue weighted by Crippen LogP contribution is -2.24. The fourth-order valence-corrected chi connectivity index (χ4v) is 2.49. The van der Waals surface area contributed by atoms with E-state index in [0.717, 1.165) is 31.2 Å². The SMILES string of the molecule is C=C(CNCC)C(=O)OC(C)CCC(C)C(C)CCC(C)CC.CC.CCC. The van der Waals surface area contributed by atoms with Crippen molar-refractivity contribution >= 4 is 5.97 Å². The van der Waals surface area contributed by atoms with E-state index in [0.29, 0.717) is 18.0 Å². The van der Waals surface area contributed by atoms with E-state index in [-0.39, 0.29) is 12.1 Å². The highest BCUT2D eigenvalue weighted by atomic mass is 16.5.